The van der Waals surface area contributed by atoms with Crippen LogP contribution in [0, 0.1) is 0 Å². The number of aromatic nitrogens is 1. The lowest BCUT2D eigenvalue weighted by Gasteiger charge is -2.39. The van der Waals surface area contributed by atoms with Gasteiger partial charge in [-0.05, 0) is 19.1 Å². The highest BCUT2D eigenvalue weighted by Gasteiger charge is 2.31. The van der Waals surface area contributed by atoms with Crippen molar-refractivity contribution in [3.05, 3.63) is 34.8 Å². The largest absolute Gasteiger partial charge is 0.317 e. The van der Waals surface area contributed by atoms with Crippen molar-refractivity contribution in [3.8, 4) is 0 Å². The highest BCUT2D eigenvalue weighted by Crippen LogP contribution is 2.28. The Kier molecular flexibility index (Phi) is 3.50. The second kappa shape index (κ2) is 4.75. The summed E-state index contributed by atoms with van der Waals surface area (Å²) in [6.07, 6.45) is 9.99. The number of likely N-dealkylation sites (N-methyl/N-ethyl adjacent to an activating group) is 1. The number of rotatable bonds is 2. The van der Waals surface area contributed by atoms with Crippen molar-refractivity contribution < 1.29 is 4.48 Å². The molecule has 0 aromatic carbocycles. The normalized spacial score (nSPS) is 27.6. The van der Waals surface area contributed by atoms with Crippen LogP contribution in [0.2, 0.25) is 0 Å². The van der Waals surface area contributed by atoms with Crippen LogP contribution < -0.4 is 0 Å². The van der Waals surface area contributed by atoms with Gasteiger partial charge in [0, 0.05) is 23.6 Å². The van der Waals surface area contributed by atoms with Gasteiger partial charge in [-0.15, -0.1) is 11.3 Å². The predicted molar refractivity (Wildman–Crippen MR) is 74.9 cm³/mol. The van der Waals surface area contributed by atoms with Crippen molar-refractivity contribution in [3.63, 3.8) is 0 Å². The SMILES string of the molecule is CCC1C=CC(c2nccs2)=CC(C)[N+]1(C)C. The van der Waals surface area contributed by atoms with E-state index in [1.54, 1.807) is 11.3 Å². The molecule has 2 unspecified atom stereocenters. The van der Waals surface area contributed by atoms with Gasteiger partial charge in [0.25, 0.3) is 0 Å². The monoisotopic (exact) mass is 249 g/mol. The van der Waals surface area contributed by atoms with Gasteiger partial charge in [-0.3, -0.25) is 0 Å². The van der Waals surface area contributed by atoms with E-state index in [1.807, 2.05) is 11.6 Å². The third-order valence-corrected chi connectivity index (χ3v) is 4.74. The number of hydrogen-bond donors (Lipinski definition) is 0. The topological polar surface area (TPSA) is 12.9 Å². The molecule has 3 heteroatoms. The molecule has 0 saturated carbocycles. The van der Waals surface area contributed by atoms with Crippen LogP contribution in [0.1, 0.15) is 25.3 Å². The smallest absolute Gasteiger partial charge is 0.123 e. The van der Waals surface area contributed by atoms with Crippen LogP contribution in [0.3, 0.4) is 0 Å². The Labute approximate surface area is 108 Å². The summed E-state index contributed by atoms with van der Waals surface area (Å²) in [5.74, 6) is 0. The highest BCUT2D eigenvalue weighted by atomic mass is 32.1. The molecule has 17 heavy (non-hydrogen) atoms. The van der Waals surface area contributed by atoms with Crippen molar-refractivity contribution in [2.45, 2.75) is 32.4 Å². The predicted octanol–water partition coefficient (Wildman–Crippen LogP) is 3.34. The second-order valence-corrected chi connectivity index (χ2v) is 6.06. The van der Waals surface area contributed by atoms with Gasteiger partial charge in [0.05, 0.1) is 14.1 Å². The van der Waals surface area contributed by atoms with Gasteiger partial charge in [0.1, 0.15) is 17.1 Å². The fourth-order valence-corrected chi connectivity index (χ4v) is 3.01. The summed E-state index contributed by atoms with van der Waals surface area (Å²) < 4.78 is 1.02. The molecule has 1 aliphatic heterocycles. The summed E-state index contributed by atoms with van der Waals surface area (Å²) >= 11 is 1.71. The molecule has 92 valence electrons. The molecule has 2 rings (SSSR count). The van der Waals surface area contributed by atoms with Crippen LogP contribution in [0.25, 0.3) is 5.57 Å². The van der Waals surface area contributed by atoms with Gasteiger partial charge >= 0.3 is 0 Å². The van der Waals surface area contributed by atoms with Crippen molar-refractivity contribution in [2.75, 3.05) is 14.1 Å². The van der Waals surface area contributed by atoms with E-state index in [0.717, 1.165) is 9.49 Å². The Morgan fingerprint density at radius 1 is 1.41 bits per heavy atom. The fraction of sp³-hybridized carbons (Fsp3) is 0.500. The molecule has 0 saturated heterocycles. The van der Waals surface area contributed by atoms with Crippen LogP contribution in [-0.2, 0) is 0 Å². The Morgan fingerprint density at radius 3 is 2.76 bits per heavy atom. The molecule has 1 aliphatic rings. The van der Waals surface area contributed by atoms with Crippen LogP contribution in [0.5, 0.6) is 0 Å². The summed E-state index contributed by atoms with van der Waals surface area (Å²) in [7, 11) is 4.62. The lowest BCUT2D eigenvalue weighted by molar-refractivity contribution is -0.924. The minimum Gasteiger partial charge on any atom is -0.317 e. The van der Waals surface area contributed by atoms with Crippen LogP contribution in [0.4, 0.5) is 0 Å². The first-order valence-electron chi connectivity index (χ1n) is 6.19. The van der Waals surface area contributed by atoms with Gasteiger partial charge in [0.15, 0.2) is 0 Å². The standard InChI is InChI=1S/C14H21N2S/c1-5-13-7-6-12(14-15-8-9-17-14)10-11(2)16(13,3)4/h6-11,13H,5H2,1-4H3/q+1. The minimum atomic E-state index is 0.508. The Morgan fingerprint density at radius 2 is 2.18 bits per heavy atom. The van der Waals surface area contributed by atoms with E-state index in [1.165, 1.54) is 12.0 Å². The van der Waals surface area contributed by atoms with E-state index < -0.39 is 0 Å². The van der Waals surface area contributed by atoms with E-state index in [0.29, 0.717) is 12.1 Å². The Balaban J connectivity index is 2.38. The molecular weight excluding hydrogens is 228 g/mol. The van der Waals surface area contributed by atoms with Gasteiger partial charge < -0.3 is 4.48 Å². The zero-order chi connectivity index (χ0) is 12.5. The number of quaternary nitrogens is 1. The van der Waals surface area contributed by atoms with Crippen molar-refractivity contribution in [2.24, 2.45) is 0 Å². The number of nitrogens with zero attached hydrogens (tertiary/aromatic N) is 2. The number of allylic oxidation sites excluding steroid dienone is 2. The third kappa shape index (κ3) is 2.35. The van der Waals surface area contributed by atoms with Crippen LogP contribution >= 0.6 is 11.3 Å². The maximum absolute atomic E-state index is 4.41. The maximum Gasteiger partial charge on any atom is 0.123 e. The van der Waals surface area contributed by atoms with Gasteiger partial charge in [-0.25, -0.2) is 4.98 Å². The molecule has 1 aromatic rings. The molecule has 1 aromatic heterocycles. The van der Waals surface area contributed by atoms with E-state index in [9.17, 15) is 0 Å². The molecule has 0 radical (unpaired) electrons. The summed E-state index contributed by atoms with van der Waals surface area (Å²) in [5.41, 5.74) is 1.27. The van der Waals surface area contributed by atoms with Crippen LogP contribution in [-0.4, -0.2) is 35.6 Å². The molecule has 2 heterocycles. The molecular formula is C14H21N2S+. The summed E-state index contributed by atoms with van der Waals surface area (Å²) in [6, 6.07) is 1.09. The molecule has 0 aliphatic carbocycles. The molecule has 0 fully saturated rings. The van der Waals surface area contributed by atoms with E-state index in [2.05, 4.69) is 51.2 Å². The molecule has 2 atom stereocenters. The second-order valence-electron chi connectivity index (χ2n) is 5.16. The molecule has 0 N–H and O–H groups in total. The van der Waals surface area contributed by atoms with Gasteiger partial charge in [-0.2, -0.15) is 0 Å². The van der Waals surface area contributed by atoms with Crippen molar-refractivity contribution >= 4 is 16.9 Å². The summed E-state index contributed by atoms with van der Waals surface area (Å²) in [4.78, 5) is 4.41. The lowest BCUT2D eigenvalue weighted by Crippen LogP contribution is -2.52. The quantitative estimate of drug-likeness (QED) is 0.733. The Hall–Kier alpha value is -0.930. The average molecular weight is 249 g/mol. The first kappa shape index (κ1) is 12.5. The highest BCUT2D eigenvalue weighted by molar-refractivity contribution is 7.10. The van der Waals surface area contributed by atoms with E-state index in [-0.39, 0.29) is 0 Å². The van der Waals surface area contributed by atoms with Crippen molar-refractivity contribution in [1.29, 1.82) is 0 Å². The Bertz CT molecular complexity index is 429. The van der Waals surface area contributed by atoms with E-state index in [4.69, 9.17) is 0 Å². The zero-order valence-corrected chi connectivity index (χ0v) is 11.9. The zero-order valence-electron chi connectivity index (χ0n) is 11.1. The molecule has 0 spiro atoms. The minimum absolute atomic E-state index is 0.508. The molecule has 2 nitrogen and oxygen atoms in total. The summed E-state index contributed by atoms with van der Waals surface area (Å²) in [5, 5.41) is 3.17. The third-order valence-electron chi connectivity index (χ3n) is 3.92. The lowest BCUT2D eigenvalue weighted by atomic mass is 10.1. The van der Waals surface area contributed by atoms with Gasteiger partial charge in [-0.1, -0.05) is 13.0 Å². The molecule has 0 amide bonds. The average Bonchev–Trinajstić information content (AvgIpc) is 2.77. The summed E-state index contributed by atoms with van der Waals surface area (Å²) in [6.45, 7) is 4.55. The first-order valence-corrected chi connectivity index (χ1v) is 7.07. The first-order chi connectivity index (χ1) is 8.05. The number of thiazole rings is 1. The fourth-order valence-electron chi connectivity index (χ4n) is 2.36. The van der Waals surface area contributed by atoms with Crippen LogP contribution in [0.15, 0.2) is 29.8 Å². The molecule has 0 bridgehead atoms. The van der Waals surface area contributed by atoms with Crippen molar-refractivity contribution in [1.82, 2.24) is 4.98 Å². The maximum atomic E-state index is 4.41. The number of hydrogen-bond acceptors (Lipinski definition) is 2. The van der Waals surface area contributed by atoms with E-state index >= 15 is 0 Å². The van der Waals surface area contributed by atoms with Gasteiger partial charge in [0.2, 0.25) is 0 Å².